The Kier molecular flexibility index (Phi) is 32.4. The zero-order valence-electron chi connectivity index (χ0n) is 60.6. The Morgan fingerprint density at radius 2 is 0.953 bits per heavy atom. The fourth-order valence-electron chi connectivity index (χ4n) is 11.6. The number of aromatic amines is 2. The maximum Gasteiger partial charge on any atom is 0.245 e. The predicted molar refractivity (Wildman–Crippen MR) is 397 cm³/mol. The van der Waals surface area contributed by atoms with E-state index < -0.39 is 198 Å². The number of aromatic nitrogens is 2. The second-order valence-corrected chi connectivity index (χ2v) is 27.9. The topological polar surface area (TPSA) is 572 Å². The van der Waals surface area contributed by atoms with Gasteiger partial charge in [0, 0.05) is 65.8 Å². The highest BCUT2D eigenvalue weighted by molar-refractivity contribution is 8.00. The number of hydrogen-bond acceptors (Lipinski definition) is 18. The summed E-state index contributed by atoms with van der Waals surface area (Å²) in [6, 6.07) is 4.94. The van der Waals surface area contributed by atoms with Crippen LogP contribution in [0.15, 0.2) is 96.2 Å². The Bertz CT molecular complexity index is 4010. The molecule has 1 aliphatic heterocycles. The summed E-state index contributed by atoms with van der Waals surface area (Å²) in [5, 5.41) is 53.5. The molecule has 1 fully saturated rings. The van der Waals surface area contributed by atoms with Crippen molar-refractivity contribution in [2.75, 3.05) is 31.2 Å². The molecule has 13 atom stereocenters. The van der Waals surface area contributed by atoms with E-state index in [1.165, 1.54) is 6.92 Å². The van der Waals surface area contributed by atoms with Gasteiger partial charge in [-0.25, -0.2) is 0 Å². The summed E-state index contributed by atoms with van der Waals surface area (Å²) in [5.74, 6) is -17.3. The molecule has 0 saturated carbocycles. The van der Waals surface area contributed by atoms with Crippen LogP contribution in [-0.2, 0) is 86.4 Å². The van der Waals surface area contributed by atoms with Gasteiger partial charge in [0.15, 0.2) is 5.96 Å². The van der Waals surface area contributed by atoms with Crippen molar-refractivity contribution in [3.8, 4) is 0 Å². The van der Waals surface area contributed by atoms with E-state index in [0.29, 0.717) is 38.5 Å². The summed E-state index contributed by atoms with van der Waals surface area (Å²) in [6.45, 7) is 8.76. The molecule has 0 spiro atoms. The van der Waals surface area contributed by atoms with Gasteiger partial charge in [-0.15, -0.1) is 11.8 Å². The molecule has 3 aromatic carbocycles. The van der Waals surface area contributed by atoms with E-state index >= 15 is 0 Å². The molecule has 0 aliphatic carbocycles. The van der Waals surface area contributed by atoms with Crippen molar-refractivity contribution in [1.29, 1.82) is 0 Å². The maximum atomic E-state index is 14.9. The molecule has 1 aliphatic rings. The molecule has 0 bridgehead atoms. The van der Waals surface area contributed by atoms with Crippen LogP contribution in [0.2, 0.25) is 0 Å². The van der Waals surface area contributed by atoms with E-state index in [4.69, 9.17) is 22.9 Å². The summed E-state index contributed by atoms with van der Waals surface area (Å²) < 4.78 is 0. The molecule has 35 nitrogen and oxygen atoms in total. The van der Waals surface area contributed by atoms with Crippen LogP contribution in [0.4, 0.5) is 0 Å². The monoisotopic (exact) mass is 1510 g/mol. The molecule has 0 unspecified atom stereocenters. The van der Waals surface area contributed by atoms with Gasteiger partial charge in [0.25, 0.3) is 0 Å². The van der Waals surface area contributed by atoms with Gasteiger partial charge in [-0.3, -0.25) is 72.1 Å². The number of aliphatic hydroxyl groups is 2. The van der Waals surface area contributed by atoms with Gasteiger partial charge >= 0.3 is 0 Å². The van der Waals surface area contributed by atoms with Crippen molar-refractivity contribution in [3.63, 3.8) is 0 Å². The number of thioether (sulfide) groups is 1. The number of nitrogens with two attached hydrogens (primary N) is 4. The number of guanidine groups is 1. The minimum Gasteiger partial charge on any atom is -0.394 e. The van der Waals surface area contributed by atoms with Gasteiger partial charge in [0.2, 0.25) is 82.7 Å². The molecule has 6 rings (SSSR count). The third-order valence-electron chi connectivity index (χ3n) is 17.8. The first-order valence-electron chi connectivity index (χ1n) is 35.0. The average molecular weight is 1510 g/mol. The molecule has 2 aromatic heterocycles. The van der Waals surface area contributed by atoms with Crippen molar-refractivity contribution >= 4 is 122 Å². The molecular formula is C71H99N19O16S. The molecule has 14 amide bonds. The molecule has 3 heterocycles. The zero-order valence-corrected chi connectivity index (χ0v) is 61.4. The molecule has 0 radical (unpaired) electrons. The number of rotatable bonds is 19. The van der Waals surface area contributed by atoms with Crippen LogP contribution < -0.4 is 86.7 Å². The lowest BCUT2D eigenvalue weighted by Crippen LogP contribution is -2.63. The minimum absolute atomic E-state index is 0.00251. The Labute approximate surface area is 621 Å². The summed E-state index contributed by atoms with van der Waals surface area (Å²) in [4.78, 5) is 208. The van der Waals surface area contributed by atoms with Crippen LogP contribution in [0.5, 0.6) is 0 Å². The fraction of sp³-hybridized carbons (Fsp3) is 0.479. The number of benzene rings is 3. The molecule has 24 N–H and O–H groups in total. The standard InChI is InChI=1S/C71H99N19O16S/c1-8-37(6)58-69(105)85-51(32-91)61(97)79-31-54(94)80-46(23-16-24-76-71(74)75)62(98)83-50(28-53(72)93)63(99)82-48(26-40-29-77-44-21-14-12-19-42(40)44)65(101)88-57(36(4)5)68(104)90-59(38(7)92)70(106)84-49(27-41-30-78-45-22-15-13-20-43(41)45)66(102)87-56(35(2)3)67(103)86-52(60(73)96)33-107-34-55(95)81-47(64(100)89-58)25-39-17-10-9-11-18-39/h9-15,17-22,29-30,35-38,46-52,56-59,77-78,91-92H,8,16,23-28,31-34H2,1-7H3,(H2,72,93)(H2,73,96)(H,79,97)(H,80,94)(H,81,95)(H,82,99)(H,83,98)(H,84,106)(H,85,105)(H,86,103)(H,87,102)(H,88,101)(H,89,100)(H,90,104)(H4,74,75,76)/t37-,38-,46-,47-,48-,49-,50-,51-,52-,56-,57-,58-,59-/m0/s1. The maximum absolute atomic E-state index is 14.9. The van der Waals surface area contributed by atoms with Crippen molar-refractivity contribution in [1.82, 2.24) is 73.8 Å². The second kappa shape index (κ2) is 40.9. The number of aliphatic hydroxyl groups excluding tert-OH is 2. The lowest BCUT2D eigenvalue weighted by Gasteiger charge is -2.30. The zero-order chi connectivity index (χ0) is 78.8. The number of hydrogen-bond donors (Lipinski definition) is 20. The quantitative estimate of drug-likeness (QED) is 0.0213. The number of H-pyrrole nitrogens is 2. The Morgan fingerprint density at radius 3 is 1.47 bits per heavy atom. The number of nitrogens with one attached hydrogen (secondary N) is 14. The summed E-state index contributed by atoms with van der Waals surface area (Å²) in [6.07, 6.45) is -0.0649. The van der Waals surface area contributed by atoms with Crippen molar-refractivity contribution in [3.05, 3.63) is 108 Å². The molecule has 107 heavy (non-hydrogen) atoms. The third-order valence-corrected chi connectivity index (χ3v) is 18.8. The van der Waals surface area contributed by atoms with Gasteiger partial charge < -0.3 is 107 Å². The van der Waals surface area contributed by atoms with Gasteiger partial charge in [0.05, 0.1) is 31.4 Å². The first-order valence-corrected chi connectivity index (χ1v) is 36.2. The van der Waals surface area contributed by atoms with Crippen molar-refractivity contribution in [2.24, 2.45) is 45.7 Å². The fourth-order valence-corrected chi connectivity index (χ4v) is 12.5. The number of primary amides is 2. The number of fused-ring (bicyclic) bond motifs is 2. The highest BCUT2D eigenvalue weighted by atomic mass is 32.2. The van der Waals surface area contributed by atoms with Crippen molar-refractivity contribution in [2.45, 2.75) is 166 Å². The SMILES string of the molecule is CC[C@H](C)[C@@H]1NC(=O)[C@H](Cc2ccccc2)NC(=O)CSC[C@@H](C(N)=O)NC(=O)[C@H](C(C)C)NC(=O)[C@H](Cc2c[nH]c3ccccc23)NC(=O)[C@H]([C@H](C)O)NC(=O)[C@H](C(C)C)NC(=O)[C@H](Cc2c[nH]c3ccccc23)NC(=O)[C@H](CC(N)=O)NC(=O)[C@H](CCCN=C(N)N)NC(=O)CNC(=O)[C@H](CO)NC1=O. The molecule has 1 saturated heterocycles. The molecule has 36 heteroatoms. The largest absolute Gasteiger partial charge is 0.394 e. The van der Waals surface area contributed by atoms with E-state index in [9.17, 15) is 77.3 Å². The van der Waals surface area contributed by atoms with Crippen LogP contribution in [0.1, 0.15) is 90.8 Å². The lowest BCUT2D eigenvalue weighted by molar-refractivity contribution is -0.138. The summed E-state index contributed by atoms with van der Waals surface area (Å²) in [7, 11) is 0. The normalized spacial score (nSPS) is 24.0. The van der Waals surface area contributed by atoms with Gasteiger partial charge in [-0.1, -0.05) is 115 Å². The van der Waals surface area contributed by atoms with Gasteiger partial charge in [-0.05, 0) is 66.3 Å². The van der Waals surface area contributed by atoms with Gasteiger partial charge in [-0.2, -0.15) is 0 Å². The first-order chi connectivity index (χ1) is 50.8. The van der Waals surface area contributed by atoms with Crippen LogP contribution >= 0.6 is 11.8 Å². The molecule has 5 aromatic rings. The number of carbonyl (C=O) groups excluding carboxylic acids is 14. The van der Waals surface area contributed by atoms with E-state index in [-0.39, 0.29) is 56.8 Å². The van der Waals surface area contributed by atoms with E-state index in [0.717, 1.165) is 11.8 Å². The predicted octanol–water partition coefficient (Wildman–Crippen LogP) is -3.98. The van der Waals surface area contributed by atoms with Crippen LogP contribution in [-0.4, -0.2) is 213 Å². The highest BCUT2D eigenvalue weighted by Crippen LogP contribution is 2.23. The third kappa shape index (κ3) is 25.6. The Balaban J connectivity index is 1.39. The minimum atomic E-state index is -1.88. The Morgan fingerprint density at radius 1 is 0.505 bits per heavy atom. The smallest absolute Gasteiger partial charge is 0.245 e. The summed E-state index contributed by atoms with van der Waals surface area (Å²) in [5.41, 5.74) is 25.4. The van der Waals surface area contributed by atoms with Crippen LogP contribution in [0.25, 0.3) is 21.8 Å². The lowest BCUT2D eigenvalue weighted by atomic mass is 9.96. The Hall–Kier alpha value is -11.1. The van der Waals surface area contributed by atoms with Crippen molar-refractivity contribution < 1.29 is 77.3 Å². The number of carbonyl (C=O) groups is 14. The number of nitrogens with zero attached hydrogens (tertiary/aromatic N) is 1. The second-order valence-electron chi connectivity index (χ2n) is 26.9. The van der Waals surface area contributed by atoms with E-state index in [2.05, 4.69) is 78.8 Å². The number of para-hydroxylation sites is 2. The molecule has 580 valence electrons. The van der Waals surface area contributed by atoms with E-state index in [1.807, 2.05) is 0 Å². The van der Waals surface area contributed by atoms with Crippen LogP contribution in [0, 0.1) is 17.8 Å². The average Bonchev–Trinajstić information content (AvgIpc) is 1.73. The van der Waals surface area contributed by atoms with E-state index in [1.54, 1.807) is 133 Å². The van der Waals surface area contributed by atoms with Crippen LogP contribution in [0.3, 0.4) is 0 Å². The van der Waals surface area contributed by atoms with Gasteiger partial charge in [0.1, 0.15) is 66.5 Å². The number of aliphatic imine (C=N–C) groups is 1. The molecular weight excluding hydrogens is 1410 g/mol. The summed E-state index contributed by atoms with van der Waals surface area (Å²) >= 11 is 0.846. The first kappa shape index (κ1) is 84.8. The highest BCUT2D eigenvalue weighted by Gasteiger charge is 2.39. The number of amides is 14.